The molecular formula is C35H37NO8. The number of carbonyl (C=O) groups excluding carboxylic acids is 1. The van der Waals surface area contributed by atoms with Crippen molar-refractivity contribution in [2.45, 2.75) is 32.6 Å². The van der Waals surface area contributed by atoms with Crippen molar-refractivity contribution in [1.29, 1.82) is 0 Å². The summed E-state index contributed by atoms with van der Waals surface area (Å²) in [6.45, 7) is 4.22. The first-order chi connectivity index (χ1) is 21.1. The number of ketones is 1. The van der Waals surface area contributed by atoms with Gasteiger partial charge in [0, 0.05) is 29.0 Å². The molecule has 230 valence electrons. The Bertz CT molecular complexity index is 1850. The summed E-state index contributed by atoms with van der Waals surface area (Å²) < 4.78 is 34.1. The normalized spacial score (nSPS) is 17.1. The van der Waals surface area contributed by atoms with Gasteiger partial charge in [0.25, 0.3) is 0 Å². The standard InChI is InChI=1S/C35H37NO8/c1-35(2)15-22-32(23(37)16-35)30(17-9-28(43-7)34(38)29(10-17)44-8)31-20-13-26(41-5)24(39-3)11-18(20)19-12-25(40-4)27(42-6)14-21(19)33(31)36-22/h9-14,30,36,38H,15-16H2,1-8H3. The van der Waals surface area contributed by atoms with Gasteiger partial charge in [-0.25, -0.2) is 0 Å². The fraction of sp³-hybridized carbons (Fsp3) is 0.343. The molecule has 0 saturated heterocycles. The fourth-order valence-corrected chi connectivity index (χ4v) is 6.84. The number of aromatic hydroxyl groups is 1. The molecule has 1 aliphatic carbocycles. The number of phenols is 1. The summed E-state index contributed by atoms with van der Waals surface area (Å²) in [5.74, 6) is 2.22. The first kappa shape index (κ1) is 29.3. The van der Waals surface area contributed by atoms with Gasteiger partial charge < -0.3 is 38.8 Å². The number of methoxy groups -OCH3 is 6. The second kappa shape index (κ2) is 10.7. The number of fused-ring (bicyclic) bond motifs is 6. The fourth-order valence-electron chi connectivity index (χ4n) is 6.84. The lowest BCUT2D eigenvalue weighted by molar-refractivity contribution is -0.118. The third-order valence-corrected chi connectivity index (χ3v) is 8.78. The highest BCUT2D eigenvalue weighted by Gasteiger charge is 2.42. The lowest BCUT2D eigenvalue weighted by Gasteiger charge is -2.40. The van der Waals surface area contributed by atoms with E-state index in [2.05, 4.69) is 19.2 Å². The van der Waals surface area contributed by atoms with E-state index >= 15 is 0 Å². The average molecular weight is 600 g/mol. The van der Waals surface area contributed by atoms with E-state index in [0.717, 1.165) is 44.1 Å². The maximum Gasteiger partial charge on any atom is 0.200 e. The molecule has 6 rings (SSSR count). The zero-order valence-corrected chi connectivity index (χ0v) is 26.3. The van der Waals surface area contributed by atoms with E-state index in [4.69, 9.17) is 28.4 Å². The van der Waals surface area contributed by atoms with Crippen molar-refractivity contribution in [3.05, 3.63) is 58.8 Å². The van der Waals surface area contributed by atoms with Crippen LogP contribution in [0.4, 0.5) is 5.69 Å². The van der Waals surface area contributed by atoms with Crippen LogP contribution in [0.15, 0.2) is 47.7 Å². The number of ether oxygens (including phenoxy) is 6. The number of benzene rings is 4. The van der Waals surface area contributed by atoms with Crippen molar-refractivity contribution in [1.82, 2.24) is 0 Å². The smallest absolute Gasteiger partial charge is 0.200 e. The van der Waals surface area contributed by atoms with Crippen molar-refractivity contribution in [3.8, 4) is 40.2 Å². The summed E-state index contributed by atoms with van der Waals surface area (Å²) in [5, 5.41) is 18.1. The van der Waals surface area contributed by atoms with Gasteiger partial charge in [-0.05, 0) is 75.5 Å². The number of Topliss-reactive ketones (excluding diaryl/α,β-unsaturated/α-hetero) is 1. The van der Waals surface area contributed by atoms with Crippen LogP contribution in [0, 0.1) is 5.41 Å². The molecule has 2 aliphatic rings. The van der Waals surface area contributed by atoms with Gasteiger partial charge in [0.05, 0.1) is 48.3 Å². The molecule has 9 nitrogen and oxygen atoms in total. The monoisotopic (exact) mass is 599 g/mol. The molecule has 0 amide bonds. The number of anilines is 1. The maximum absolute atomic E-state index is 14.1. The minimum absolute atomic E-state index is 0.0615. The van der Waals surface area contributed by atoms with Gasteiger partial charge in [-0.15, -0.1) is 0 Å². The molecule has 0 bridgehead atoms. The molecule has 0 aromatic heterocycles. The number of phenolic OH excluding ortho intramolecular Hbond substituents is 1. The molecule has 0 saturated carbocycles. The van der Waals surface area contributed by atoms with Crippen molar-refractivity contribution >= 4 is 33.0 Å². The Morgan fingerprint density at radius 1 is 0.659 bits per heavy atom. The largest absolute Gasteiger partial charge is 0.502 e. The second-order valence-electron chi connectivity index (χ2n) is 12.0. The molecule has 44 heavy (non-hydrogen) atoms. The average Bonchev–Trinajstić information content (AvgIpc) is 3.02. The van der Waals surface area contributed by atoms with Crippen LogP contribution in [0.25, 0.3) is 21.5 Å². The Labute approximate surface area is 256 Å². The maximum atomic E-state index is 14.1. The molecular weight excluding hydrogens is 562 g/mol. The molecule has 1 aliphatic heterocycles. The molecule has 1 heterocycles. The number of rotatable bonds is 7. The van der Waals surface area contributed by atoms with E-state index in [1.54, 1.807) is 40.6 Å². The van der Waals surface area contributed by atoms with E-state index in [1.807, 2.05) is 24.3 Å². The topological polar surface area (TPSA) is 105 Å². The van der Waals surface area contributed by atoms with Crippen LogP contribution >= 0.6 is 0 Å². The third-order valence-electron chi connectivity index (χ3n) is 8.78. The number of hydrogen-bond acceptors (Lipinski definition) is 9. The summed E-state index contributed by atoms with van der Waals surface area (Å²) in [7, 11) is 9.41. The van der Waals surface area contributed by atoms with Crippen LogP contribution in [0.1, 0.15) is 43.7 Å². The van der Waals surface area contributed by atoms with E-state index < -0.39 is 5.92 Å². The molecule has 2 N–H and O–H groups in total. The van der Waals surface area contributed by atoms with E-state index in [1.165, 1.54) is 14.2 Å². The van der Waals surface area contributed by atoms with Gasteiger partial charge in [0.1, 0.15) is 0 Å². The lowest BCUT2D eigenvalue weighted by atomic mass is 9.67. The van der Waals surface area contributed by atoms with Crippen LogP contribution in [-0.4, -0.2) is 53.5 Å². The zero-order chi connectivity index (χ0) is 31.5. The zero-order valence-electron chi connectivity index (χ0n) is 26.3. The third kappa shape index (κ3) is 4.41. The van der Waals surface area contributed by atoms with E-state index in [9.17, 15) is 9.90 Å². The van der Waals surface area contributed by atoms with Gasteiger partial charge >= 0.3 is 0 Å². The Morgan fingerprint density at radius 3 is 1.61 bits per heavy atom. The van der Waals surface area contributed by atoms with Crippen molar-refractivity contribution in [3.63, 3.8) is 0 Å². The highest BCUT2D eigenvalue weighted by molar-refractivity contribution is 6.19. The van der Waals surface area contributed by atoms with Crippen LogP contribution in [0.3, 0.4) is 0 Å². The van der Waals surface area contributed by atoms with Crippen molar-refractivity contribution in [2.24, 2.45) is 5.41 Å². The molecule has 1 unspecified atom stereocenters. The second-order valence-corrected chi connectivity index (χ2v) is 12.0. The van der Waals surface area contributed by atoms with Crippen LogP contribution in [-0.2, 0) is 4.79 Å². The van der Waals surface area contributed by atoms with Gasteiger partial charge in [-0.2, -0.15) is 0 Å². The highest BCUT2D eigenvalue weighted by Crippen LogP contribution is 2.56. The Morgan fingerprint density at radius 2 is 1.11 bits per heavy atom. The summed E-state index contributed by atoms with van der Waals surface area (Å²) in [6.07, 6.45) is 1.08. The van der Waals surface area contributed by atoms with Gasteiger partial charge in [0.15, 0.2) is 40.3 Å². The van der Waals surface area contributed by atoms with Crippen LogP contribution in [0.5, 0.6) is 40.2 Å². The predicted molar refractivity (Wildman–Crippen MR) is 169 cm³/mol. The van der Waals surface area contributed by atoms with E-state index in [-0.39, 0.29) is 28.4 Å². The minimum Gasteiger partial charge on any atom is -0.502 e. The lowest BCUT2D eigenvalue weighted by Crippen LogP contribution is -2.34. The summed E-state index contributed by atoms with van der Waals surface area (Å²) in [4.78, 5) is 14.1. The Hall–Kier alpha value is -4.79. The van der Waals surface area contributed by atoms with Crippen LogP contribution < -0.4 is 33.7 Å². The Balaban J connectivity index is 1.82. The first-order valence-electron chi connectivity index (χ1n) is 14.3. The van der Waals surface area contributed by atoms with Gasteiger partial charge in [0.2, 0.25) is 5.75 Å². The molecule has 0 fully saturated rings. The highest BCUT2D eigenvalue weighted by atomic mass is 16.5. The number of carbonyl (C=O) groups is 1. The van der Waals surface area contributed by atoms with Crippen LogP contribution in [0.2, 0.25) is 0 Å². The van der Waals surface area contributed by atoms with Gasteiger partial charge in [-0.1, -0.05) is 13.8 Å². The number of hydrogen-bond donors (Lipinski definition) is 2. The van der Waals surface area contributed by atoms with Crippen molar-refractivity contribution < 1.29 is 38.3 Å². The van der Waals surface area contributed by atoms with Crippen molar-refractivity contribution in [2.75, 3.05) is 48.0 Å². The minimum atomic E-state index is -0.522. The molecule has 0 radical (unpaired) electrons. The molecule has 4 aromatic rings. The molecule has 0 spiro atoms. The number of nitrogens with one attached hydrogen (secondary N) is 1. The number of allylic oxidation sites excluding steroid dienone is 2. The molecule has 9 heteroatoms. The van der Waals surface area contributed by atoms with E-state index in [0.29, 0.717) is 41.4 Å². The summed E-state index contributed by atoms with van der Waals surface area (Å²) in [6, 6.07) is 11.4. The molecule has 1 atom stereocenters. The molecule has 4 aromatic carbocycles. The SMILES string of the molecule is COc1cc2c3c(c4cc(OC)c(OC)cc4c2cc1OC)C(c1cc(OC)c(O)c(OC)c1)C1=C(CC(C)(C)CC1=O)N3. The van der Waals surface area contributed by atoms with Gasteiger partial charge in [-0.3, -0.25) is 4.79 Å². The summed E-state index contributed by atoms with van der Waals surface area (Å²) >= 11 is 0. The summed E-state index contributed by atoms with van der Waals surface area (Å²) in [5.41, 5.74) is 3.78. The quantitative estimate of drug-likeness (QED) is 0.218. The first-order valence-corrected chi connectivity index (χ1v) is 14.3. The Kier molecular flexibility index (Phi) is 7.14. The predicted octanol–water partition coefficient (Wildman–Crippen LogP) is 6.95.